The maximum atomic E-state index is 2.12. The highest BCUT2D eigenvalue weighted by atomic mass is 35.5. The molecule has 0 aliphatic carbocycles. The Hall–Kier alpha value is -0.530. The van der Waals surface area contributed by atoms with Gasteiger partial charge in [0.2, 0.25) is 0 Å². The molecule has 1 rings (SSSR count). The van der Waals surface area contributed by atoms with Crippen molar-refractivity contribution in [2.24, 2.45) is 0 Å². The Labute approximate surface area is 68.1 Å². The maximum Gasteiger partial charge on any atom is 0.130 e. The molecular weight excluding hydrogens is 146 g/mol. The molecule has 0 fully saturated rings. The third kappa shape index (κ3) is 2.38. The summed E-state index contributed by atoms with van der Waals surface area (Å²) in [6.45, 7) is 0. The van der Waals surface area contributed by atoms with E-state index >= 15 is 0 Å². The van der Waals surface area contributed by atoms with E-state index in [9.17, 15) is 0 Å². The Morgan fingerprint density at radius 2 is 1.50 bits per heavy atom. The number of nitrogens with one attached hydrogen (secondary N) is 1. The van der Waals surface area contributed by atoms with Gasteiger partial charge in [-0.3, -0.25) is 0 Å². The average Bonchev–Trinajstić information content (AvgIpc) is 1.90. The molecule has 0 unspecified atom stereocenters. The van der Waals surface area contributed by atoms with Crippen LogP contribution in [0.25, 0.3) is 0 Å². The van der Waals surface area contributed by atoms with Crippen molar-refractivity contribution in [3.63, 3.8) is 0 Å². The Morgan fingerprint density at radius 1 is 1.00 bits per heavy atom. The van der Waals surface area contributed by atoms with Gasteiger partial charge in [0, 0.05) is 0 Å². The molecule has 1 nitrogen and oxygen atoms in total. The molecule has 0 aliphatic rings. The van der Waals surface area contributed by atoms with Crippen LogP contribution in [0.5, 0.6) is 0 Å². The molecule has 0 aromatic heterocycles. The van der Waals surface area contributed by atoms with Crippen molar-refractivity contribution in [3.8, 4) is 0 Å². The average molecular weight is 158 g/mol. The monoisotopic (exact) mass is 157 g/mol. The molecule has 0 bridgehead atoms. The van der Waals surface area contributed by atoms with Crippen molar-refractivity contribution in [2.75, 3.05) is 14.1 Å². The van der Waals surface area contributed by atoms with Crippen LogP contribution in [0, 0.1) is 0 Å². The van der Waals surface area contributed by atoms with Crippen molar-refractivity contribution in [1.29, 1.82) is 0 Å². The summed E-state index contributed by atoms with van der Waals surface area (Å²) in [6, 6.07) is 10.4. The van der Waals surface area contributed by atoms with E-state index in [1.54, 1.807) is 0 Å². The number of quaternary nitrogens is 1. The van der Waals surface area contributed by atoms with E-state index in [2.05, 4.69) is 38.4 Å². The van der Waals surface area contributed by atoms with Crippen LogP contribution < -0.4 is 17.3 Å². The number of hydrogen-bond acceptors (Lipinski definition) is 0. The van der Waals surface area contributed by atoms with Crippen LogP contribution in [-0.2, 0) is 0 Å². The molecule has 1 N–H and O–H groups in total. The van der Waals surface area contributed by atoms with Gasteiger partial charge >= 0.3 is 0 Å². The van der Waals surface area contributed by atoms with Gasteiger partial charge in [0.05, 0.1) is 14.1 Å². The summed E-state index contributed by atoms with van der Waals surface area (Å²) in [5.41, 5.74) is 1.33. The zero-order valence-electron chi connectivity index (χ0n) is 6.26. The van der Waals surface area contributed by atoms with Crippen LogP contribution in [0.3, 0.4) is 0 Å². The molecule has 0 saturated heterocycles. The third-order valence-electron chi connectivity index (χ3n) is 1.35. The molecule has 0 radical (unpaired) electrons. The smallest absolute Gasteiger partial charge is 0.130 e. The highest BCUT2D eigenvalue weighted by Gasteiger charge is 1.93. The zero-order valence-corrected chi connectivity index (χ0v) is 7.02. The fraction of sp³-hybridized carbons (Fsp3) is 0.250. The van der Waals surface area contributed by atoms with E-state index in [0.29, 0.717) is 0 Å². The molecule has 0 saturated carbocycles. The van der Waals surface area contributed by atoms with Crippen LogP contribution in [0.2, 0.25) is 0 Å². The Balaban J connectivity index is 0.000000810. The minimum atomic E-state index is 0. The largest absolute Gasteiger partial charge is 1.00 e. The summed E-state index contributed by atoms with van der Waals surface area (Å²) in [5, 5.41) is 0. The first-order chi connectivity index (χ1) is 4.30. The first-order valence-electron chi connectivity index (χ1n) is 3.16. The molecule has 2 heteroatoms. The van der Waals surface area contributed by atoms with Gasteiger partial charge in [-0.05, 0) is 12.1 Å². The fourth-order valence-electron chi connectivity index (χ4n) is 0.771. The lowest BCUT2D eigenvalue weighted by Gasteiger charge is -2.03. The summed E-state index contributed by atoms with van der Waals surface area (Å²) >= 11 is 0. The van der Waals surface area contributed by atoms with Crippen LogP contribution >= 0.6 is 0 Å². The number of halogens is 1. The second-order valence-corrected chi connectivity index (χ2v) is 2.37. The maximum absolute atomic E-state index is 2.12. The van der Waals surface area contributed by atoms with Gasteiger partial charge in [-0.2, -0.15) is 0 Å². The molecule has 0 spiro atoms. The first-order valence-corrected chi connectivity index (χ1v) is 3.16. The standard InChI is InChI=1S/C8H11N.ClH/c1-9(2)8-6-4-3-5-7-8;/h3-7H,1-2H3;1H. The molecule has 10 heavy (non-hydrogen) atoms. The zero-order chi connectivity index (χ0) is 6.69. The summed E-state index contributed by atoms with van der Waals surface area (Å²) in [4.78, 5) is 1.37. The molecule has 1 aromatic carbocycles. The van der Waals surface area contributed by atoms with E-state index in [-0.39, 0.29) is 12.4 Å². The summed E-state index contributed by atoms with van der Waals surface area (Å²) in [7, 11) is 4.24. The van der Waals surface area contributed by atoms with E-state index in [0.717, 1.165) is 0 Å². The Kier molecular flexibility index (Phi) is 4.08. The minimum Gasteiger partial charge on any atom is -1.00 e. The molecule has 56 valence electrons. The third-order valence-corrected chi connectivity index (χ3v) is 1.35. The SMILES string of the molecule is C[NH+](C)c1ccccc1.[Cl-]. The predicted molar refractivity (Wildman–Crippen MR) is 38.9 cm³/mol. The van der Waals surface area contributed by atoms with Gasteiger partial charge in [0.1, 0.15) is 5.69 Å². The Morgan fingerprint density at radius 3 is 1.80 bits per heavy atom. The van der Waals surface area contributed by atoms with Crippen LogP contribution in [-0.4, -0.2) is 14.1 Å². The summed E-state index contributed by atoms with van der Waals surface area (Å²) in [5.74, 6) is 0. The van der Waals surface area contributed by atoms with E-state index in [1.807, 2.05) is 6.07 Å². The van der Waals surface area contributed by atoms with Gasteiger partial charge in [-0.25, -0.2) is 0 Å². The van der Waals surface area contributed by atoms with Crippen LogP contribution in [0.15, 0.2) is 30.3 Å². The quantitative estimate of drug-likeness (QED) is 0.459. The molecule has 0 heterocycles. The fourth-order valence-corrected chi connectivity index (χ4v) is 0.771. The summed E-state index contributed by atoms with van der Waals surface area (Å²) in [6.07, 6.45) is 0. The molecule has 0 atom stereocenters. The molecule has 0 aliphatic heterocycles. The minimum absolute atomic E-state index is 0. The number of rotatable bonds is 1. The van der Waals surface area contributed by atoms with E-state index in [1.165, 1.54) is 10.6 Å². The number of para-hydroxylation sites is 1. The molecule has 1 aromatic rings. The van der Waals surface area contributed by atoms with Crippen molar-refractivity contribution in [3.05, 3.63) is 30.3 Å². The van der Waals surface area contributed by atoms with Crippen molar-refractivity contribution < 1.29 is 17.3 Å². The van der Waals surface area contributed by atoms with Crippen molar-refractivity contribution >= 4 is 5.69 Å². The van der Waals surface area contributed by atoms with Gasteiger partial charge in [-0.15, -0.1) is 0 Å². The predicted octanol–water partition coefficient (Wildman–Crippen LogP) is -2.53. The topological polar surface area (TPSA) is 4.44 Å². The van der Waals surface area contributed by atoms with Crippen LogP contribution in [0.4, 0.5) is 5.69 Å². The lowest BCUT2D eigenvalue weighted by molar-refractivity contribution is -0.786. The Bertz CT molecular complexity index is 172. The van der Waals surface area contributed by atoms with Gasteiger partial charge in [-0.1, -0.05) is 18.2 Å². The van der Waals surface area contributed by atoms with Gasteiger partial charge < -0.3 is 17.3 Å². The van der Waals surface area contributed by atoms with Gasteiger partial charge in [0.25, 0.3) is 0 Å². The summed E-state index contributed by atoms with van der Waals surface area (Å²) < 4.78 is 0. The normalized spacial score (nSPS) is 9.10. The number of benzene rings is 1. The highest BCUT2D eigenvalue weighted by Crippen LogP contribution is 1.95. The second-order valence-electron chi connectivity index (χ2n) is 2.37. The first kappa shape index (κ1) is 9.47. The lowest BCUT2D eigenvalue weighted by Crippen LogP contribution is -3.00. The van der Waals surface area contributed by atoms with Crippen molar-refractivity contribution in [1.82, 2.24) is 0 Å². The highest BCUT2D eigenvalue weighted by molar-refractivity contribution is 5.27. The lowest BCUT2D eigenvalue weighted by atomic mass is 10.3. The molecular formula is C8H12ClN. The van der Waals surface area contributed by atoms with Crippen molar-refractivity contribution in [2.45, 2.75) is 0 Å². The van der Waals surface area contributed by atoms with Gasteiger partial charge in [0.15, 0.2) is 0 Å². The van der Waals surface area contributed by atoms with E-state index in [4.69, 9.17) is 0 Å². The second kappa shape index (κ2) is 4.31. The number of hydrogen-bond donors (Lipinski definition) is 1. The van der Waals surface area contributed by atoms with Crippen LogP contribution in [0.1, 0.15) is 0 Å². The molecule has 0 amide bonds. The van der Waals surface area contributed by atoms with E-state index < -0.39 is 0 Å².